The molecule has 1 rings (SSSR count). The highest BCUT2D eigenvalue weighted by atomic mass is 16.6. The average molecular weight is 268 g/mol. The van der Waals surface area contributed by atoms with Crippen molar-refractivity contribution in [3.05, 3.63) is 28.3 Å². The molecule has 0 fully saturated rings. The first-order valence-electron chi connectivity index (χ1n) is 5.79. The molecule has 0 bridgehead atoms. The summed E-state index contributed by atoms with van der Waals surface area (Å²) in [6.07, 6.45) is 0.445. The lowest BCUT2D eigenvalue weighted by Gasteiger charge is -2.13. The van der Waals surface area contributed by atoms with Crippen molar-refractivity contribution in [1.82, 2.24) is 0 Å². The molecule has 1 aromatic rings. The van der Waals surface area contributed by atoms with Crippen molar-refractivity contribution in [3.8, 4) is 5.75 Å². The predicted molar refractivity (Wildman–Crippen MR) is 69.6 cm³/mol. The topological polar surface area (TPSA) is 102 Å². The van der Waals surface area contributed by atoms with E-state index >= 15 is 0 Å². The SMILES string of the molecule is CCC(CNc1cccc(OC)c1[N+](=O)[O-])C(=O)O. The van der Waals surface area contributed by atoms with E-state index in [0.29, 0.717) is 6.42 Å². The van der Waals surface area contributed by atoms with Gasteiger partial charge < -0.3 is 15.2 Å². The zero-order valence-electron chi connectivity index (χ0n) is 10.8. The molecule has 0 aliphatic carbocycles. The number of rotatable bonds is 7. The smallest absolute Gasteiger partial charge is 0.333 e. The number of carboxylic acid groups (broad SMARTS) is 1. The number of ether oxygens (including phenoxy) is 1. The number of methoxy groups -OCH3 is 1. The molecule has 104 valence electrons. The number of nitro benzene ring substituents is 1. The number of nitrogens with one attached hydrogen (secondary N) is 1. The van der Waals surface area contributed by atoms with Gasteiger partial charge in [-0.1, -0.05) is 13.0 Å². The van der Waals surface area contributed by atoms with Crippen LogP contribution in [0.2, 0.25) is 0 Å². The van der Waals surface area contributed by atoms with E-state index in [9.17, 15) is 14.9 Å². The Balaban J connectivity index is 2.95. The van der Waals surface area contributed by atoms with Gasteiger partial charge in [0.25, 0.3) is 0 Å². The number of anilines is 1. The van der Waals surface area contributed by atoms with Crippen LogP contribution in [-0.2, 0) is 4.79 Å². The third kappa shape index (κ3) is 3.57. The van der Waals surface area contributed by atoms with Gasteiger partial charge in [-0.05, 0) is 18.6 Å². The van der Waals surface area contributed by atoms with E-state index < -0.39 is 16.8 Å². The summed E-state index contributed by atoms with van der Waals surface area (Å²) in [5.41, 5.74) is 0.0642. The van der Waals surface area contributed by atoms with Crippen molar-refractivity contribution in [2.75, 3.05) is 19.0 Å². The Hall–Kier alpha value is -2.31. The molecule has 1 atom stereocenters. The maximum Gasteiger partial charge on any atom is 0.333 e. The van der Waals surface area contributed by atoms with E-state index in [1.807, 2.05) is 0 Å². The fourth-order valence-electron chi connectivity index (χ4n) is 1.66. The Morgan fingerprint density at radius 1 is 1.58 bits per heavy atom. The molecule has 0 saturated heterocycles. The van der Waals surface area contributed by atoms with Crippen molar-refractivity contribution < 1.29 is 19.6 Å². The zero-order valence-corrected chi connectivity index (χ0v) is 10.8. The van der Waals surface area contributed by atoms with Gasteiger partial charge in [-0.3, -0.25) is 14.9 Å². The summed E-state index contributed by atoms with van der Waals surface area (Å²) in [7, 11) is 1.35. The molecule has 0 aliphatic rings. The lowest BCUT2D eigenvalue weighted by Crippen LogP contribution is -2.22. The molecule has 2 N–H and O–H groups in total. The number of para-hydroxylation sites is 1. The summed E-state index contributed by atoms with van der Waals surface area (Å²) in [6.45, 7) is 1.88. The number of carbonyl (C=O) groups is 1. The highest BCUT2D eigenvalue weighted by molar-refractivity contribution is 5.72. The molecule has 7 heteroatoms. The van der Waals surface area contributed by atoms with Crippen LogP contribution in [0.5, 0.6) is 5.75 Å². The van der Waals surface area contributed by atoms with Crippen molar-refractivity contribution in [3.63, 3.8) is 0 Å². The Morgan fingerprint density at radius 3 is 2.74 bits per heavy atom. The summed E-state index contributed by atoms with van der Waals surface area (Å²) >= 11 is 0. The Labute approximate surface area is 110 Å². The third-order valence-corrected chi connectivity index (χ3v) is 2.78. The molecule has 19 heavy (non-hydrogen) atoms. The van der Waals surface area contributed by atoms with Gasteiger partial charge in [-0.2, -0.15) is 0 Å². The monoisotopic (exact) mass is 268 g/mol. The third-order valence-electron chi connectivity index (χ3n) is 2.78. The first kappa shape index (κ1) is 14.7. The Kier molecular flexibility index (Phi) is 5.11. The standard InChI is InChI=1S/C12H16N2O5/c1-3-8(12(15)16)7-13-9-5-4-6-10(19-2)11(9)14(17)18/h4-6,8,13H,3,7H2,1-2H3,(H,15,16). The van der Waals surface area contributed by atoms with Gasteiger partial charge in [0.1, 0.15) is 5.69 Å². The average Bonchev–Trinajstić information content (AvgIpc) is 2.38. The lowest BCUT2D eigenvalue weighted by atomic mass is 10.1. The van der Waals surface area contributed by atoms with Gasteiger partial charge in [0.05, 0.1) is 18.0 Å². The molecule has 1 unspecified atom stereocenters. The summed E-state index contributed by atoms with van der Waals surface area (Å²) in [5, 5.41) is 22.7. The lowest BCUT2D eigenvalue weighted by molar-refractivity contribution is -0.384. The van der Waals surface area contributed by atoms with Gasteiger partial charge in [0.15, 0.2) is 5.75 Å². The fourth-order valence-corrected chi connectivity index (χ4v) is 1.66. The Bertz CT molecular complexity index is 475. The summed E-state index contributed by atoms with van der Waals surface area (Å²) in [5.74, 6) is -1.38. The van der Waals surface area contributed by atoms with Crippen LogP contribution in [0, 0.1) is 16.0 Å². The van der Waals surface area contributed by atoms with Crippen LogP contribution in [0.1, 0.15) is 13.3 Å². The quantitative estimate of drug-likeness (QED) is 0.580. The molecule has 0 amide bonds. The number of nitro groups is 1. The normalized spacial score (nSPS) is 11.7. The highest BCUT2D eigenvalue weighted by Gasteiger charge is 2.22. The van der Waals surface area contributed by atoms with Crippen LogP contribution in [0.25, 0.3) is 0 Å². The summed E-state index contributed by atoms with van der Waals surface area (Å²) in [4.78, 5) is 21.4. The zero-order chi connectivity index (χ0) is 14.4. The van der Waals surface area contributed by atoms with Crippen LogP contribution >= 0.6 is 0 Å². The van der Waals surface area contributed by atoms with E-state index in [1.165, 1.54) is 19.2 Å². The number of aliphatic carboxylic acids is 1. The number of benzene rings is 1. The molecule has 7 nitrogen and oxygen atoms in total. The molecule has 0 aromatic heterocycles. The van der Waals surface area contributed by atoms with E-state index in [-0.39, 0.29) is 23.7 Å². The van der Waals surface area contributed by atoms with Crippen LogP contribution < -0.4 is 10.1 Å². The minimum absolute atomic E-state index is 0.125. The van der Waals surface area contributed by atoms with E-state index in [1.54, 1.807) is 13.0 Å². The minimum atomic E-state index is -0.930. The van der Waals surface area contributed by atoms with Crippen LogP contribution in [0.4, 0.5) is 11.4 Å². The fraction of sp³-hybridized carbons (Fsp3) is 0.417. The first-order valence-corrected chi connectivity index (χ1v) is 5.79. The van der Waals surface area contributed by atoms with Crippen LogP contribution in [-0.4, -0.2) is 29.7 Å². The molecular weight excluding hydrogens is 252 g/mol. The number of hydrogen-bond donors (Lipinski definition) is 2. The van der Waals surface area contributed by atoms with E-state index in [2.05, 4.69) is 5.32 Å². The summed E-state index contributed by atoms with van der Waals surface area (Å²) in [6, 6.07) is 4.61. The highest BCUT2D eigenvalue weighted by Crippen LogP contribution is 2.34. The molecular formula is C12H16N2O5. The largest absolute Gasteiger partial charge is 0.490 e. The first-order chi connectivity index (χ1) is 9.01. The van der Waals surface area contributed by atoms with Crippen molar-refractivity contribution in [1.29, 1.82) is 0 Å². The van der Waals surface area contributed by atoms with E-state index in [0.717, 1.165) is 0 Å². The van der Waals surface area contributed by atoms with Crippen molar-refractivity contribution >= 4 is 17.3 Å². The summed E-state index contributed by atoms with van der Waals surface area (Å²) < 4.78 is 4.93. The van der Waals surface area contributed by atoms with Crippen molar-refractivity contribution in [2.24, 2.45) is 5.92 Å². The molecule has 0 saturated carbocycles. The van der Waals surface area contributed by atoms with E-state index in [4.69, 9.17) is 9.84 Å². The molecule has 1 aromatic carbocycles. The van der Waals surface area contributed by atoms with Gasteiger partial charge in [0, 0.05) is 6.54 Å². The van der Waals surface area contributed by atoms with Gasteiger partial charge in [-0.15, -0.1) is 0 Å². The Morgan fingerprint density at radius 2 is 2.26 bits per heavy atom. The maximum atomic E-state index is 11.0. The second-order valence-corrected chi connectivity index (χ2v) is 3.94. The van der Waals surface area contributed by atoms with Gasteiger partial charge in [-0.25, -0.2) is 0 Å². The molecule has 0 radical (unpaired) electrons. The molecule has 0 spiro atoms. The van der Waals surface area contributed by atoms with Crippen molar-refractivity contribution in [2.45, 2.75) is 13.3 Å². The number of hydrogen-bond acceptors (Lipinski definition) is 5. The number of carboxylic acids is 1. The maximum absolute atomic E-state index is 11.0. The predicted octanol–water partition coefficient (Wildman–Crippen LogP) is 2.13. The molecule has 0 heterocycles. The van der Waals surface area contributed by atoms with Gasteiger partial charge >= 0.3 is 11.7 Å². The van der Waals surface area contributed by atoms with Crippen LogP contribution in [0.15, 0.2) is 18.2 Å². The van der Waals surface area contributed by atoms with Crippen LogP contribution in [0.3, 0.4) is 0 Å². The van der Waals surface area contributed by atoms with Gasteiger partial charge in [0.2, 0.25) is 0 Å². The second-order valence-electron chi connectivity index (χ2n) is 3.94. The second kappa shape index (κ2) is 6.58. The molecule has 0 aliphatic heterocycles. The number of nitrogens with zero attached hydrogens (tertiary/aromatic N) is 1. The minimum Gasteiger partial charge on any atom is -0.490 e.